The van der Waals surface area contributed by atoms with Crippen LogP contribution >= 0.6 is 34.8 Å². The van der Waals surface area contributed by atoms with Crippen LogP contribution in [0, 0.1) is 0 Å². The van der Waals surface area contributed by atoms with E-state index in [9.17, 15) is 4.79 Å². The standard InChI is InChI=1S/C16H14Cl3NO/c1-20(10-11-6-7-14(18)15(19)8-11)16(21)9-12-4-2-3-5-13(12)17/h2-8H,9-10H2,1H3. The number of benzene rings is 2. The van der Waals surface area contributed by atoms with Crippen LogP contribution in [0.15, 0.2) is 42.5 Å². The van der Waals surface area contributed by atoms with Gasteiger partial charge in [-0.3, -0.25) is 4.79 Å². The molecule has 0 bridgehead atoms. The topological polar surface area (TPSA) is 20.3 Å². The van der Waals surface area contributed by atoms with E-state index in [1.54, 1.807) is 30.1 Å². The zero-order valence-corrected chi connectivity index (χ0v) is 13.7. The Kier molecular flexibility index (Phi) is 5.51. The second-order valence-electron chi connectivity index (χ2n) is 4.77. The molecule has 2 nitrogen and oxygen atoms in total. The second kappa shape index (κ2) is 7.17. The normalized spacial score (nSPS) is 10.5. The van der Waals surface area contributed by atoms with E-state index >= 15 is 0 Å². The highest BCUT2D eigenvalue weighted by atomic mass is 35.5. The van der Waals surface area contributed by atoms with E-state index in [-0.39, 0.29) is 12.3 Å². The molecule has 0 saturated heterocycles. The molecule has 2 rings (SSSR count). The molecule has 0 saturated carbocycles. The number of halogens is 3. The molecule has 0 unspecified atom stereocenters. The Bertz CT molecular complexity index is 658. The molecule has 2 aromatic carbocycles. The monoisotopic (exact) mass is 341 g/mol. The minimum Gasteiger partial charge on any atom is -0.341 e. The van der Waals surface area contributed by atoms with Gasteiger partial charge < -0.3 is 4.90 Å². The average Bonchev–Trinajstić information content (AvgIpc) is 2.45. The van der Waals surface area contributed by atoms with E-state index in [0.717, 1.165) is 11.1 Å². The van der Waals surface area contributed by atoms with Crippen molar-refractivity contribution in [1.82, 2.24) is 4.90 Å². The molecule has 0 fully saturated rings. The van der Waals surface area contributed by atoms with Crippen LogP contribution in [-0.4, -0.2) is 17.9 Å². The fourth-order valence-electron chi connectivity index (χ4n) is 1.94. The first-order valence-electron chi connectivity index (χ1n) is 6.38. The summed E-state index contributed by atoms with van der Waals surface area (Å²) in [5, 5.41) is 1.60. The van der Waals surface area contributed by atoms with Gasteiger partial charge in [0.2, 0.25) is 5.91 Å². The lowest BCUT2D eigenvalue weighted by Crippen LogP contribution is -2.27. The molecule has 0 aliphatic heterocycles. The molecule has 110 valence electrons. The van der Waals surface area contributed by atoms with Gasteiger partial charge in [-0.05, 0) is 29.3 Å². The zero-order valence-electron chi connectivity index (χ0n) is 11.4. The Morgan fingerprint density at radius 2 is 1.71 bits per heavy atom. The lowest BCUT2D eigenvalue weighted by atomic mass is 10.1. The van der Waals surface area contributed by atoms with Crippen LogP contribution in [0.25, 0.3) is 0 Å². The first-order chi connectivity index (χ1) is 9.97. The number of hydrogen-bond acceptors (Lipinski definition) is 1. The summed E-state index contributed by atoms with van der Waals surface area (Å²) in [6.07, 6.45) is 0.275. The highest BCUT2D eigenvalue weighted by molar-refractivity contribution is 6.42. The molecule has 0 atom stereocenters. The predicted molar refractivity (Wildman–Crippen MR) is 88.1 cm³/mol. The Labute approximate surface area is 139 Å². The van der Waals surface area contributed by atoms with Gasteiger partial charge >= 0.3 is 0 Å². The van der Waals surface area contributed by atoms with E-state index in [1.807, 2.05) is 24.3 Å². The molecule has 1 amide bonds. The number of likely N-dealkylation sites (N-methyl/N-ethyl adjacent to an activating group) is 1. The van der Waals surface area contributed by atoms with Crippen LogP contribution in [-0.2, 0) is 17.8 Å². The van der Waals surface area contributed by atoms with Crippen molar-refractivity contribution in [3.05, 3.63) is 68.7 Å². The quantitative estimate of drug-likeness (QED) is 0.778. The third-order valence-corrected chi connectivity index (χ3v) is 4.24. The van der Waals surface area contributed by atoms with Crippen molar-refractivity contribution in [2.24, 2.45) is 0 Å². The summed E-state index contributed by atoms with van der Waals surface area (Å²) in [6.45, 7) is 0.472. The maximum atomic E-state index is 12.2. The lowest BCUT2D eigenvalue weighted by Gasteiger charge is -2.18. The van der Waals surface area contributed by atoms with E-state index in [0.29, 0.717) is 21.6 Å². The number of nitrogens with zero attached hydrogens (tertiary/aromatic N) is 1. The molecule has 0 radical (unpaired) electrons. The molecule has 0 aliphatic rings. The largest absolute Gasteiger partial charge is 0.341 e. The third-order valence-electron chi connectivity index (χ3n) is 3.13. The van der Waals surface area contributed by atoms with Gasteiger partial charge in [0.1, 0.15) is 0 Å². The van der Waals surface area contributed by atoms with Gasteiger partial charge in [0, 0.05) is 18.6 Å². The first kappa shape index (κ1) is 16.2. The van der Waals surface area contributed by atoms with Gasteiger partial charge in [0.05, 0.1) is 16.5 Å². The van der Waals surface area contributed by atoms with Crippen molar-refractivity contribution in [1.29, 1.82) is 0 Å². The fourth-order valence-corrected chi connectivity index (χ4v) is 2.46. The maximum Gasteiger partial charge on any atom is 0.227 e. The van der Waals surface area contributed by atoms with Crippen LogP contribution in [0.2, 0.25) is 15.1 Å². The molecular formula is C16H14Cl3NO. The van der Waals surface area contributed by atoms with Crippen LogP contribution in [0.5, 0.6) is 0 Å². The molecule has 0 spiro atoms. The van der Waals surface area contributed by atoms with Gasteiger partial charge in [-0.2, -0.15) is 0 Å². The van der Waals surface area contributed by atoms with Crippen molar-refractivity contribution in [3.8, 4) is 0 Å². The number of rotatable bonds is 4. The zero-order chi connectivity index (χ0) is 15.4. The van der Waals surface area contributed by atoms with E-state index < -0.39 is 0 Å². The lowest BCUT2D eigenvalue weighted by molar-refractivity contribution is -0.129. The Balaban J connectivity index is 2.02. The number of carbonyl (C=O) groups excluding carboxylic acids is 1. The summed E-state index contributed by atoms with van der Waals surface area (Å²) in [6, 6.07) is 12.7. The molecule has 21 heavy (non-hydrogen) atoms. The molecule has 0 N–H and O–H groups in total. The van der Waals surface area contributed by atoms with E-state index in [4.69, 9.17) is 34.8 Å². The highest BCUT2D eigenvalue weighted by Crippen LogP contribution is 2.23. The van der Waals surface area contributed by atoms with Crippen LogP contribution < -0.4 is 0 Å². The van der Waals surface area contributed by atoms with Gasteiger partial charge in [-0.25, -0.2) is 0 Å². The average molecular weight is 343 g/mol. The van der Waals surface area contributed by atoms with Crippen molar-refractivity contribution in [2.45, 2.75) is 13.0 Å². The van der Waals surface area contributed by atoms with Crippen molar-refractivity contribution in [2.75, 3.05) is 7.05 Å². The van der Waals surface area contributed by atoms with Crippen molar-refractivity contribution in [3.63, 3.8) is 0 Å². The van der Waals surface area contributed by atoms with Gasteiger partial charge in [-0.15, -0.1) is 0 Å². The van der Waals surface area contributed by atoms with E-state index in [1.165, 1.54) is 0 Å². The number of carbonyl (C=O) groups is 1. The Morgan fingerprint density at radius 1 is 1.00 bits per heavy atom. The van der Waals surface area contributed by atoms with Gasteiger partial charge in [0.25, 0.3) is 0 Å². The van der Waals surface area contributed by atoms with Crippen LogP contribution in [0.4, 0.5) is 0 Å². The summed E-state index contributed by atoms with van der Waals surface area (Å²) >= 11 is 17.9. The highest BCUT2D eigenvalue weighted by Gasteiger charge is 2.12. The summed E-state index contributed by atoms with van der Waals surface area (Å²) in [5.74, 6) is -0.00540. The number of hydrogen-bond donors (Lipinski definition) is 0. The molecular weight excluding hydrogens is 329 g/mol. The predicted octanol–water partition coefficient (Wildman–Crippen LogP) is 4.85. The first-order valence-corrected chi connectivity index (χ1v) is 7.52. The number of amides is 1. The molecule has 0 aliphatic carbocycles. The molecule has 0 heterocycles. The minimum absolute atomic E-state index is 0.00540. The van der Waals surface area contributed by atoms with E-state index in [2.05, 4.69) is 0 Å². The Hall–Kier alpha value is -1.22. The van der Waals surface area contributed by atoms with Crippen molar-refractivity contribution < 1.29 is 4.79 Å². The molecule has 0 aromatic heterocycles. The maximum absolute atomic E-state index is 12.2. The van der Waals surface area contributed by atoms with Crippen molar-refractivity contribution >= 4 is 40.7 Å². The van der Waals surface area contributed by atoms with Gasteiger partial charge in [0.15, 0.2) is 0 Å². The molecule has 5 heteroatoms. The fraction of sp³-hybridized carbons (Fsp3) is 0.188. The summed E-state index contributed by atoms with van der Waals surface area (Å²) in [5.41, 5.74) is 1.75. The molecule has 2 aromatic rings. The summed E-state index contributed by atoms with van der Waals surface area (Å²) < 4.78 is 0. The minimum atomic E-state index is -0.00540. The summed E-state index contributed by atoms with van der Waals surface area (Å²) in [7, 11) is 1.75. The third kappa shape index (κ3) is 4.37. The van der Waals surface area contributed by atoms with Gasteiger partial charge in [-0.1, -0.05) is 59.1 Å². The SMILES string of the molecule is CN(Cc1ccc(Cl)c(Cl)c1)C(=O)Cc1ccccc1Cl. The second-order valence-corrected chi connectivity index (χ2v) is 5.99. The Morgan fingerprint density at radius 3 is 2.38 bits per heavy atom. The van der Waals surface area contributed by atoms with Crippen LogP contribution in [0.1, 0.15) is 11.1 Å². The summed E-state index contributed by atoms with van der Waals surface area (Å²) in [4.78, 5) is 13.9. The smallest absolute Gasteiger partial charge is 0.227 e. The van der Waals surface area contributed by atoms with Crippen LogP contribution in [0.3, 0.4) is 0 Å².